The summed E-state index contributed by atoms with van der Waals surface area (Å²) in [4.78, 5) is 29.8. The number of carbonyl (C=O) groups excluding carboxylic acids is 1. The van der Waals surface area contributed by atoms with Crippen LogP contribution in [-0.2, 0) is 6.61 Å². The van der Waals surface area contributed by atoms with Crippen LogP contribution in [0.2, 0.25) is 0 Å². The second-order valence-electron chi connectivity index (χ2n) is 6.50. The molecule has 8 heteroatoms. The summed E-state index contributed by atoms with van der Waals surface area (Å²) in [6.07, 6.45) is 3.47. The number of nitrogens with zero attached hydrogens (tertiary/aromatic N) is 5. The van der Waals surface area contributed by atoms with Gasteiger partial charge >= 0.3 is 0 Å². The Hall–Kier alpha value is -3.00. The van der Waals surface area contributed by atoms with Gasteiger partial charge in [-0.15, -0.1) is 11.3 Å². The maximum Gasteiger partial charge on any atom is 0.254 e. The molecule has 3 heterocycles. The van der Waals surface area contributed by atoms with Crippen LogP contribution >= 0.6 is 11.3 Å². The van der Waals surface area contributed by atoms with E-state index in [1.807, 2.05) is 35.4 Å². The van der Waals surface area contributed by atoms with Crippen LogP contribution in [0, 0.1) is 6.92 Å². The summed E-state index contributed by atoms with van der Waals surface area (Å²) in [6, 6.07) is 9.14. The van der Waals surface area contributed by atoms with E-state index in [1.54, 1.807) is 35.9 Å². The van der Waals surface area contributed by atoms with Gasteiger partial charge in [-0.3, -0.25) is 4.79 Å². The van der Waals surface area contributed by atoms with Gasteiger partial charge in [0.2, 0.25) is 5.95 Å². The molecule has 2 aromatic heterocycles. The molecule has 0 unspecified atom stereocenters. The minimum atomic E-state index is 0.0172. The van der Waals surface area contributed by atoms with Crippen LogP contribution in [0.5, 0.6) is 5.75 Å². The Bertz CT molecular complexity index is 939. The summed E-state index contributed by atoms with van der Waals surface area (Å²) in [6.45, 7) is 5.08. The van der Waals surface area contributed by atoms with Gasteiger partial charge in [0.25, 0.3) is 5.91 Å². The highest BCUT2D eigenvalue weighted by Crippen LogP contribution is 2.19. The molecule has 0 aliphatic carbocycles. The van der Waals surface area contributed by atoms with Crippen LogP contribution in [0.3, 0.4) is 0 Å². The fraction of sp³-hybridized carbons (Fsp3) is 0.300. The van der Waals surface area contributed by atoms with Gasteiger partial charge < -0.3 is 14.5 Å². The first-order valence-electron chi connectivity index (χ1n) is 9.14. The minimum Gasteiger partial charge on any atom is -0.487 e. The number of amides is 1. The molecule has 1 aromatic carbocycles. The fourth-order valence-corrected chi connectivity index (χ4v) is 3.69. The van der Waals surface area contributed by atoms with E-state index in [-0.39, 0.29) is 5.91 Å². The lowest BCUT2D eigenvalue weighted by molar-refractivity contribution is 0.0745. The molecule has 1 aliphatic rings. The van der Waals surface area contributed by atoms with Gasteiger partial charge in [0.15, 0.2) is 0 Å². The number of piperazine rings is 1. The zero-order valence-corrected chi connectivity index (χ0v) is 16.4. The number of thiazole rings is 1. The second kappa shape index (κ2) is 8.35. The molecule has 0 saturated carbocycles. The van der Waals surface area contributed by atoms with Crippen LogP contribution in [0.1, 0.15) is 21.1 Å². The lowest BCUT2D eigenvalue weighted by Gasteiger charge is -2.34. The number of rotatable bonds is 5. The van der Waals surface area contributed by atoms with Gasteiger partial charge in [0.1, 0.15) is 12.4 Å². The Kier molecular flexibility index (Phi) is 5.48. The fourth-order valence-electron chi connectivity index (χ4n) is 3.10. The average Bonchev–Trinajstić information content (AvgIpc) is 3.18. The number of carbonyl (C=O) groups is 1. The van der Waals surface area contributed by atoms with Crippen molar-refractivity contribution in [2.45, 2.75) is 13.5 Å². The molecule has 7 nitrogen and oxygen atoms in total. The summed E-state index contributed by atoms with van der Waals surface area (Å²) < 4.78 is 5.81. The predicted octanol–water partition coefficient (Wildman–Crippen LogP) is 2.78. The number of benzene rings is 1. The second-order valence-corrected chi connectivity index (χ2v) is 7.56. The zero-order valence-electron chi connectivity index (χ0n) is 15.6. The van der Waals surface area contributed by atoms with E-state index >= 15 is 0 Å². The van der Waals surface area contributed by atoms with Crippen LogP contribution in [0.25, 0.3) is 0 Å². The number of aromatic nitrogens is 3. The van der Waals surface area contributed by atoms with Crippen LogP contribution in [0.4, 0.5) is 5.95 Å². The number of ether oxygens (including phenoxy) is 1. The van der Waals surface area contributed by atoms with Crippen molar-refractivity contribution < 1.29 is 9.53 Å². The van der Waals surface area contributed by atoms with Gasteiger partial charge in [-0.2, -0.15) is 0 Å². The Morgan fingerprint density at radius 2 is 1.93 bits per heavy atom. The van der Waals surface area contributed by atoms with E-state index < -0.39 is 0 Å². The third kappa shape index (κ3) is 4.28. The molecule has 1 aliphatic heterocycles. The molecule has 28 heavy (non-hydrogen) atoms. The van der Waals surface area contributed by atoms with E-state index in [9.17, 15) is 4.79 Å². The first-order chi connectivity index (χ1) is 13.7. The average molecular weight is 395 g/mol. The number of aryl methyl sites for hydroxylation is 1. The first-order valence-corrected chi connectivity index (χ1v) is 10.0. The lowest BCUT2D eigenvalue weighted by atomic mass is 10.1. The van der Waals surface area contributed by atoms with Crippen molar-refractivity contribution in [2.24, 2.45) is 0 Å². The number of anilines is 1. The monoisotopic (exact) mass is 395 g/mol. The van der Waals surface area contributed by atoms with Crippen molar-refractivity contribution in [3.05, 3.63) is 64.4 Å². The van der Waals surface area contributed by atoms with Gasteiger partial charge in [0, 0.05) is 49.5 Å². The van der Waals surface area contributed by atoms with Crippen molar-refractivity contribution in [1.82, 2.24) is 19.9 Å². The van der Waals surface area contributed by atoms with Gasteiger partial charge in [-0.05, 0) is 31.2 Å². The molecule has 1 amide bonds. The molecule has 1 fully saturated rings. The van der Waals surface area contributed by atoms with Crippen molar-refractivity contribution in [3.63, 3.8) is 0 Å². The summed E-state index contributed by atoms with van der Waals surface area (Å²) in [5.74, 6) is 1.40. The van der Waals surface area contributed by atoms with Crippen LogP contribution in [0.15, 0.2) is 48.1 Å². The molecular formula is C20H21N5O2S. The molecule has 144 valence electrons. The SMILES string of the molecule is Cc1nc(COc2cccc(C(=O)N3CCN(c4ncccn4)CC3)c2)cs1. The smallest absolute Gasteiger partial charge is 0.254 e. The lowest BCUT2D eigenvalue weighted by Crippen LogP contribution is -2.49. The number of hydrogen-bond acceptors (Lipinski definition) is 7. The first kappa shape index (κ1) is 18.4. The summed E-state index contributed by atoms with van der Waals surface area (Å²) in [5.41, 5.74) is 1.54. The minimum absolute atomic E-state index is 0.0172. The molecular weight excluding hydrogens is 374 g/mol. The molecule has 3 aromatic rings. The van der Waals surface area contributed by atoms with E-state index in [2.05, 4.69) is 19.9 Å². The third-order valence-electron chi connectivity index (χ3n) is 4.54. The highest BCUT2D eigenvalue weighted by atomic mass is 32.1. The quantitative estimate of drug-likeness (QED) is 0.662. The molecule has 0 radical (unpaired) electrons. The molecule has 1 saturated heterocycles. The topological polar surface area (TPSA) is 71.5 Å². The Morgan fingerprint density at radius 1 is 1.14 bits per heavy atom. The van der Waals surface area contributed by atoms with E-state index in [0.717, 1.165) is 23.8 Å². The molecule has 0 spiro atoms. The standard InChI is InChI=1S/C20H21N5O2S/c1-15-23-17(14-28-15)13-27-18-5-2-4-16(12-18)19(26)24-8-10-25(11-9-24)20-21-6-3-7-22-20/h2-7,12,14H,8-11,13H2,1H3. The van der Waals surface area contributed by atoms with Crippen molar-refractivity contribution in [1.29, 1.82) is 0 Å². The van der Waals surface area contributed by atoms with Gasteiger partial charge in [-0.25, -0.2) is 15.0 Å². The maximum absolute atomic E-state index is 12.9. The molecule has 0 N–H and O–H groups in total. The van der Waals surface area contributed by atoms with E-state index in [1.165, 1.54) is 0 Å². The largest absolute Gasteiger partial charge is 0.487 e. The highest BCUT2D eigenvalue weighted by Gasteiger charge is 2.23. The van der Waals surface area contributed by atoms with Crippen molar-refractivity contribution in [2.75, 3.05) is 31.1 Å². The highest BCUT2D eigenvalue weighted by molar-refractivity contribution is 7.09. The number of hydrogen-bond donors (Lipinski definition) is 0. The third-order valence-corrected chi connectivity index (χ3v) is 5.36. The van der Waals surface area contributed by atoms with Crippen molar-refractivity contribution in [3.8, 4) is 5.75 Å². The van der Waals surface area contributed by atoms with Gasteiger partial charge in [0.05, 0.1) is 10.7 Å². The van der Waals surface area contributed by atoms with Crippen molar-refractivity contribution >= 4 is 23.2 Å². The normalized spacial score (nSPS) is 14.2. The summed E-state index contributed by atoms with van der Waals surface area (Å²) in [7, 11) is 0. The summed E-state index contributed by atoms with van der Waals surface area (Å²) in [5, 5.41) is 3.00. The van der Waals surface area contributed by atoms with E-state index in [4.69, 9.17) is 4.74 Å². The van der Waals surface area contributed by atoms with Crippen LogP contribution in [-0.4, -0.2) is 51.9 Å². The summed E-state index contributed by atoms with van der Waals surface area (Å²) >= 11 is 1.60. The Balaban J connectivity index is 1.36. The predicted molar refractivity (Wildman–Crippen MR) is 108 cm³/mol. The van der Waals surface area contributed by atoms with Gasteiger partial charge in [-0.1, -0.05) is 6.07 Å². The maximum atomic E-state index is 12.9. The Morgan fingerprint density at radius 3 is 2.64 bits per heavy atom. The van der Waals surface area contributed by atoms with Crippen LogP contribution < -0.4 is 9.64 Å². The molecule has 4 rings (SSSR count). The molecule has 0 atom stereocenters. The zero-order chi connectivity index (χ0) is 19.3. The Labute approximate surface area is 167 Å². The van der Waals surface area contributed by atoms with E-state index in [0.29, 0.717) is 37.0 Å². The molecule has 0 bridgehead atoms.